The van der Waals surface area contributed by atoms with Crippen LogP contribution in [0.3, 0.4) is 0 Å². The van der Waals surface area contributed by atoms with E-state index >= 15 is 0 Å². The molecule has 1 aliphatic rings. The van der Waals surface area contributed by atoms with Crippen LogP contribution in [0.2, 0.25) is 0 Å². The van der Waals surface area contributed by atoms with Gasteiger partial charge in [0, 0.05) is 21.0 Å². The van der Waals surface area contributed by atoms with Gasteiger partial charge in [0.2, 0.25) is 0 Å². The largest absolute Gasteiger partial charge is 0.390 e. The second-order valence-corrected chi connectivity index (χ2v) is 6.18. The summed E-state index contributed by atoms with van der Waals surface area (Å²) in [5.41, 5.74) is 0.649. The van der Waals surface area contributed by atoms with E-state index in [0.29, 0.717) is 0 Å². The molecule has 0 saturated heterocycles. The van der Waals surface area contributed by atoms with Crippen LogP contribution >= 0.6 is 27.7 Å². The zero-order valence-electron chi connectivity index (χ0n) is 8.25. The highest BCUT2D eigenvalue weighted by atomic mass is 79.9. The molecule has 1 atom stereocenters. The van der Waals surface area contributed by atoms with Gasteiger partial charge >= 0.3 is 0 Å². The van der Waals surface area contributed by atoms with Gasteiger partial charge in [-0.05, 0) is 37.6 Å². The van der Waals surface area contributed by atoms with Crippen LogP contribution in [0.15, 0.2) is 27.6 Å². The minimum atomic E-state index is -0.626. The highest BCUT2D eigenvalue weighted by Crippen LogP contribution is 2.45. The first-order valence-electron chi connectivity index (χ1n) is 4.63. The maximum atomic E-state index is 10.0. The van der Waals surface area contributed by atoms with Gasteiger partial charge in [0.1, 0.15) is 0 Å². The molecule has 14 heavy (non-hydrogen) atoms. The fourth-order valence-corrected chi connectivity index (χ4v) is 3.62. The Morgan fingerprint density at radius 3 is 2.86 bits per heavy atom. The van der Waals surface area contributed by atoms with Gasteiger partial charge in [0.15, 0.2) is 0 Å². The minimum Gasteiger partial charge on any atom is -0.390 e. The zero-order chi connectivity index (χ0) is 10.3. The highest BCUT2D eigenvalue weighted by molar-refractivity contribution is 9.10. The van der Waals surface area contributed by atoms with Crippen molar-refractivity contribution in [2.75, 3.05) is 5.75 Å². The molecule has 76 valence electrons. The first kappa shape index (κ1) is 10.5. The topological polar surface area (TPSA) is 20.2 Å². The number of aliphatic hydroxyl groups is 1. The van der Waals surface area contributed by atoms with Gasteiger partial charge in [-0.3, -0.25) is 0 Å². The Bertz CT molecular complexity index is 357. The van der Waals surface area contributed by atoms with E-state index in [1.54, 1.807) is 0 Å². The predicted octanol–water partition coefficient (Wildman–Crippen LogP) is 3.41. The Labute approximate surface area is 97.0 Å². The summed E-state index contributed by atoms with van der Waals surface area (Å²) in [5.74, 6) is 1.23. The lowest BCUT2D eigenvalue weighted by Crippen LogP contribution is -2.28. The van der Waals surface area contributed by atoms with E-state index in [4.69, 9.17) is 0 Å². The Morgan fingerprint density at radius 2 is 2.21 bits per heavy atom. The van der Waals surface area contributed by atoms with Gasteiger partial charge < -0.3 is 5.11 Å². The molecule has 0 bridgehead atoms. The predicted molar refractivity (Wildman–Crippen MR) is 63.9 cm³/mol. The summed E-state index contributed by atoms with van der Waals surface area (Å²) in [7, 11) is 0. The number of rotatable bonds is 1. The van der Waals surface area contributed by atoms with Crippen molar-refractivity contribution in [3.63, 3.8) is 0 Å². The molecular formula is C11H13BrOS. The van der Waals surface area contributed by atoms with Crippen LogP contribution < -0.4 is 0 Å². The third kappa shape index (κ3) is 1.86. The van der Waals surface area contributed by atoms with Crippen molar-refractivity contribution < 1.29 is 5.11 Å². The zero-order valence-corrected chi connectivity index (χ0v) is 10.7. The van der Waals surface area contributed by atoms with E-state index in [0.717, 1.165) is 10.2 Å². The molecule has 2 rings (SSSR count). The van der Waals surface area contributed by atoms with Crippen molar-refractivity contribution in [3.05, 3.63) is 28.2 Å². The lowest BCUT2D eigenvalue weighted by atomic mass is 9.86. The van der Waals surface area contributed by atoms with E-state index in [1.165, 1.54) is 10.5 Å². The Hall–Kier alpha value is 0.01000. The Morgan fingerprint density at radius 1 is 1.50 bits per heavy atom. The summed E-state index contributed by atoms with van der Waals surface area (Å²) in [6, 6.07) is 6.30. The van der Waals surface area contributed by atoms with E-state index in [9.17, 15) is 5.11 Å². The summed E-state index contributed by atoms with van der Waals surface area (Å²) < 4.78 is 1.09. The van der Waals surface area contributed by atoms with Crippen LogP contribution in [0.4, 0.5) is 0 Å². The molecule has 0 fully saturated rings. The summed E-state index contributed by atoms with van der Waals surface area (Å²) in [6.45, 7) is 3.77. The molecule has 0 spiro atoms. The molecule has 1 nitrogen and oxygen atoms in total. The van der Waals surface area contributed by atoms with Gasteiger partial charge in [-0.1, -0.05) is 15.9 Å². The first-order chi connectivity index (χ1) is 6.48. The van der Waals surface area contributed by atoms with Crippen molar-refractivity contribution >= 4 is 27.7 Å². The maximum Gasteiger partial charge on any atom is 0.0668 e. The van der Waals surface area contributed by atoms with Crippen molar-refractivity contribution in [3.8, 4) is 0 Å². The van der Waals surface area contributed by atoms with Crippen LogP contribution in [-0.4, -0.2) is 16.5 Å². The maximum absolute atomic E-state index is 10.0. The number of hydrogen-bond acceptors (Lipinski definition) is 2. The molecule has 1 heterocycles. The normalized spacial score (nSPS) is 21.0. The molecule has 1 N–H and O–H groups in total. The molecule has 0 saturated carbocycles. The first-order valence-corrected chi connectivity index (χ1v) is 6.41. The fourth-order valence-electron chi connectivity index (χ4n) is 1.77. The summed E-state index contributed by atoms with van der Waals surface area (Å²) >= 11 is 5.30. The van der Waals surface area contributed by atoms with E-state index in [1.807, 2.05) is 25.6 Å². The standard InChI is InChI=1S/C11H13BrOS/c1-11(2,13)9-6-14-10-4-3-7(12)5-8(9)10/h3-5,9,13H,6H2,1-2H3. The lowest BCUT2D eigenvalue weighted by molar-refractivity contribution is 0.0578. The van der Waals surface area contributed by atoms with Crippen molar-refractivity contribution in [2.24, 2.45) is 0 Å². The number of benzene rings is 1. The number of fused-ring (bicyclic) bond motifs is 1. The number of thioether (sulfide) groups is 1. The molecule has 0 amide bonds. The minimum absolute atomic E-state index is 0.250. The molecule has 1 aromatic carbocycles. The highest BCUT2D eigenvalue weighted by Gasteiger charge is 2.34. The van der Waals surface area contributed by atoms with Gasteiger partial charge in [0.25, 0.3) is 0 Å². The fraction of sp³-hybridized carbons (Fsp3) is 0.455. The average Bonchev–Trinajstić information content (AvgIpc) is 2.45. The second kappa shape index (κ2) is 3.54. The van der Waals surface area contributed by atoms with Crippen LogP contribution in [0.5, 0.6) is 0 Å². The molecular weight excluding hydrogens is 260 g/mol. The van der Waals surface area contributed by atoms with Crippen LogP contribution in [-0.2, 0) is 0 Å². The van der Waals surface area contributed by atoms with Gasteiger partial charge in [-0.15, -0.1) is 11.8 Å². The molecule has 0 aliphatic carbocycles. The summed E-state index contributed by atoms with van der Waals surface area (Å²) in [5, 5.41) is 10.0. The van der Waals surface area contributed by atoms with E-state index in [2.05, 4.69) is 34.1 Å². The lowest BCUT2D eigenvalue weighted by Gasteiger charge is -2.25. The van der Waals surface area contributed by atoms with Crippen molar-refractivity contribution in [2.45, 2.75) is 30.3 Å². The van der Waals surface area contributed by atoms with Gasteiger partial charge in [-0.25, -0.2) is 0 Å². The molecule has 0 radical (unpaired) electrons. The summed E-state index contributed by atoms with van der Waals surface area (Å²) in [6.07, 6.45) is 0. The van der Waals surface area contributed by atoms with Crippen molar-refractivity contribution in [1.29, 1.82) is 0 Å². The van der Waals surface area contributed by atoms with Crippen LogP contribution in [0.1, 0.15) is 25.3 Å². The average molecular weight is 273 g/mol. The molecule has 1 aliphatic heterocycles. The van der Waals surface area contributed by atoms with Crippen LogP contribution in [0.25, 0.3) is 0 Å². The van der Waals surface area contributed by atoms with E-state index in [-0.39, 0.29) is 5.92 Å². The van der Waals surface area contributed by atoms with Gasteiger partial charge in [-0.2, -0.15) is 0 Å². The van der Waals surface area contributed by atoms with Crippen molar-refractivity contribution in [1.82, 2.24) is 0 Å². The smallest absolute Gasteiger partial charge is 0.0668 e. The monoisotopic (exact) mass is 272 g/mol. The number of halogens is 1. The Balaban J connectivity index is 2.43. The molecule has 1 aromatic rings. The SMILES string of the molecule is CC(C)(O)C1CSc2ccc(Br)cc21. The summed E-state index contributed by atoms with van der Waals surface area (Å²) in [4.78, 5) is 1.31. The Kier molecular flexibility index (Phi) is 2.66. The third-order valence-electron chi connectivity index (χ3n) is 2.61. The van der Waals surface area contributed by atoms with Gasteiger partial charge in [0.05, 0.1) is 5.60 Å². The number of hydrogen-bond donors (Lipinski definition) is 1. The molecule has 1 unspecified atom stereocenters. The quantitative estimate of drug-likeness (QED) is 0.846. The van der Waals surface area contributed by atoms with Crippen LogP contribution in [0, 0.1) is 0 Å². The van der Waals surface area contributed by atoms with E-state index < -0.39 is 5.60 Å². The molecule has 3 heteroatoms. The molecule has 0 aromatic heterocycles. The third-order valence-corrected chi connectivity index (χ3v) is 4.28. The second-order valence-electron chi connectivity index (χ2n) is 4.20.